The lowest BCUT2D eigenvalue weighted by Gasteiger charge is -2.03. The van der Waals surface area contributed by atoms with Gasteiger partial charge in [-0.1, -0.05) is 18.2 Å². The number of aliphatic imine (C=N–C) groups is 1. The van der Waals surface area contributed by atoms with Crippen LogP contribution in [0.2, 0.25) is 0 Å². The van der Waals surface area contributed by atoms with Gasteiger partial charge in [-0.25, -0.2) is 9.79 Å². The summed E-state index contributed by atoms with van der Waals surface area (Å²) in [6.07, 6.45) is 8.44. The van der Waals surface area contributed by atoms with Crippen molar-refractivity contribution >= 4 is 12.0 Å². The predicted molar refractivity (Wildman–Crippen MR) is 59.4 cm³/mol. The number of hydrogen-bond donors (Lipinski definition) is 0. The highest BCUT2D eigenvalue weighted by Crippen LogP contribution is 2.16. The van der Waals surface area contributed by atoms with Gasteiger partial charge in [0, 0.05) is 13.2 Å². The van der Waals surface area contributed by atoms with Gasteiger partial charge >= 0.3 is 6.09 Å². The van der Waals surface area contributed by atoms with Crippen molar-refractivity contribution in [1.29, 1.82) is 0 Å². The van der Waals surface area contributed by atoms with Crippen molar-refractivity contribution in [3.8, 4) is 0 Å². The van der Waals surface area contributed by atoms with Crippen LogP contribution in [0.15, 0.2) is 41.2 Å². The van der Waals surface area contributed by atoms with Gasteiger partial charge < -0.3 is 4.74 Å². The molecule has 0 radical (unpaired) electrons. The third-order valence-corrected chi connectivity index (χ3v) is 1.83. The monoisotopic (exact) mass is 206 g/mol. The lowest BCUT2D eigenvalue weighted by molar-refractivity contribution is 0.186. The largest absolute Gasteiger partial charge is 0.421 e. The van der Waals surface area contributed by atoms with Crippen LogP contribution in [0.3, 0.4) is 0 Å². The summed E-state index contributed by atoms with van der Waals surface area (Å²) in [4.78, 5) is 16.7. The van der Waals surface area contributed by atoms with Gasteiger partial charge in [0.05, 0.1) is 0 Å². The summed E-state index contributed by atoms with van der Waals surface area (Å²) in [5.41, 5.74) is 0.663. The second-order valence-electron chi connectivity index (χ2n) is 2.92. The number of carbonyl (C=O) groups excluding carboxylic acids is 1. The first-order valence-corrected chi connectivity index (χ1v) is 4.68. The number of cyclic esters (lactones) is 1. The lowest BCUT2D eigenvalue weighted by atomic mass is 10.3. The highest BCUT2D eigenvalue weighted by atomic mass is 16.6. The van der Waals surface area contributed by atoms with Crippen molar-refractivity contribution in [2.45, 2.75) is 13.8 Å². The van der Waals surface area contributed by atoms with E-state index in [0.717, 1.165) is 0 Å². The number of amides is 1. The number of hydrogen-bond acceptors (Lipinski definition) is 3. The molecule has 0 spiro atoms. The number of allylic oxidation sites excluding steroid dienone is 4. The van der Waals surface area contributed by atoms with Gasteiger partial charge in [0.2, 0.25) is 5.90 Å². The quantitative estimate of drug-likeness (QED) is 0.696. The van der Waals surface area contributed by atoms with Crippen molar-refractivity contribution < 1.29 is 9.53 Å². The molecular formula is C11H14N2O2. The maximum Gasteiger partial charge on any atom is 0.421 e. The summed E-state index contributed by atoms with van der Waals surface area (Å²) in [6, 6.07) is 0. The van der Waals surface area contributed by atoms with Crippen LogP contribution in [0.4, 0.5) is 4.79 Å². The maximum absolute atomic E-state index is 11.3. The molecule has 1 saturated heterocycles. The van der Waals surface area contributed by atoms with Gasteiger partial charge in [-0.3, -0.25) is 4.90 Å². The molecular weight excluding hydrogens is 192 g/mol. The van der Waals surface area contributed by atoms with Crippen molar-refractivity contribution in [2.75, 3.05) is 7.05 Å². The molecule has 1 aliphatic rings. The van der Waals surface area contributed by atoms with Gasteiger partial charge in [-0.2, -0.15) is 0 Å². The Balaban J connectivity index is 3.02. The number of rotatable bonds is 2. The van der Waals surface area contributed by atoms with E-state index in [9.17, 15) is 4.79 Å². The molecule has 4 nitrogen and oxygen atoms in total. The third kappa shape index (κ3) is 2.56. The van der Waals surface area contributed by atoms with Crippen LogP contribution < -0.4 is 0 Å². The van der Waals surface area contributed by atoms with E-state index in [1.165, 1.54) is 4.90 Å². The summed E-state index contributed by atoms with van der Waals surface area (Å²) < 4.78 is 4.97. The Labute approximate surface area is 89.2 Å². The zero-order valence-electron chi connectivity index (χ0n) is 9.10. The molecule has 80 valence electrons. The normalized spacial score (nSPS) is 22.6. The molecule has 0 saturated carbocycles. The molecule has 0 aromatic rings. The Morgan fingerprint density at radius 2 is 2.07 bits per heavy atom. The fourth-order valence-electron chi connectivity index (χ4n) is 1.05. The molecule has 1 heterocycles. The zero-order valence-corrected chi connectivity index (χ0v) is 9.10. The van der Waals surface area contributed by atoms with Crippen LogP contribution in [-0.4, -0.2) is 23.9 Å². The van der Waals surface area contributed by atoms with E-state index in [1.54, 1.807) is 25.4 Å². The van der Waals surface area contributed by atoms with E-state index in [4.69, 9.17) is 4.74 Å². The summed E-state index contributed by atoms with van der Waals surface area (Å²) in [5, 5.41) is 0. The molecule has 0 aliphatic carbocycles. The van der Waals surface area contributed by atoms with Crippen LogP contribution in [0.5, 0.6) is 0 Å². The van der Waals surface area contributed by atoms with Crippen LogP contribution in [0.1, 0.15) is 13.8 Å². The standard InChI is InChI=1S/C11H14N2O2/c1-4-6-7-9-10(12-8-5-2)15-11(14)13(9)3/h4-8H,1-3H3/b6-4-,8-5+,9-7+,12-10-. The van der Waals surface area contributed by atoms with Crippen molar-refractivity contribution in [3.05, 3.63) is 36.2 Å². The van der Waals surface area contributed by atoms with Crippen LogP contribution in [0.25, 0.3) is 0 Å². The summed E-state index contributed by atoms with van der Waals surface area (Å²) in [5.74, 6) is 0.332. The first-order valence-electron chi connectivity index (χ1n) is 4.68. The molecule has 1 aliphatic heterocycles. The lowest BCUT2D eigenvalue weighted by Crippen LogP contribution is -2.16. The predicted octanol–water partition coefficient (Wildman–Crippen LogP) is 2.46. The Morgan fingerprint density at radius 3 is 2.67 bits per heavy atom. The van der Waals surface area contributed by atoms with E-state index in [0.29, 0.717) is 11.6 Å². The number of carbonyl (C=O) groups is 1. The summed E-state index contributed by atoms with van der Waals surface area (Å²) >= 11 is 0. The molecule has 0 aromatic carbocycles. The average Bonchev–Trinajstić information content (AvgIpc) is 2.50. The minimum Gasteiger partial charge on any atom is -0.389 e. The molecule has 4 heteroatoms. The van der Waals surface area contributed by atoms with Crippen molar-refractivity contribution in [3.63, 3.8) is 0 Å². The van der Waals surface area contributed by atoms with Crippen LogP contribution in [0, 0.1) is 0 Å². The summed E-state index contributed by atoms with van der Waals surface area (Å²) in [7, 11) is 1.65. The van der Waals surface area contributed by atoms with Crippen molar-refractivity contribution in [2.24, 2.45) is 4.99 Å². The van der Waals surface area contributed by atoms with Gasteiger partial charge in [-0.15, -0.1) is 0 Å². The Kier molecular flexibility index (Phi) is 3.85. The van der Waals surface area contributed by atoms with Crippen molar-refractivity contribution in [1.82, 2.24) is 4.90 Å². The molecule has 0 atom stereocenters. The Bertz CT molecular complexity index is 365. The first-order chi connectivity index (χ1) is 7.20. The zero-order chi connectivity index (χ0) is 11.3. The number of ether oxygens (including phenoxy) is 1. The van der Waals surface area contributed by atoms with Crippen LogP contribution >= 0.6 is 0 Å². The Morgan fingerprint density at radius 1 is 1.33 bits per heavy atom. The molecule has 1 fully saturated rings. The van der Waals surface area contributed by atoms with E-state index in [-0.39, 0.29) is 0 Å². The number of likely N-dealkylation sites (N-methyl/N-ethyl adjacent to an activating group) is 1. The maximum atomic E-state index is 11.3. The molecule has 1 amide bonds. The summed E-state index contributed by atoms with van der Waals surface area (Å²) in [6.45, 7) is 3.75. The van der Waals surface area contributed by atoms with Gasteiger partial charge in [0.25, 0.3) is 0 Å². The highest BCUT2D eigenvalue weighted by Gasteiger charge is 2.30. The van der Waals surface area contributed by atoms with E-state index in [1.807, 2.05) is 26.0 Å². The van der Waals surface area contributed by atoms with E-state index >= 15 is 0 Å². The third-order valence-electron chi connectivity index (χ3n) is 1.83. The first kappa shape index (κ1) is 11.2. The molecule has 0 aromatic heterocycles. The van der Waals surface area contributed by atoms with Gasteiger partial charge in [-0.05, 0) is 19.9 Å². The van der Waals surface area contributed by atoms with E-state index in [2.05, 4.69) is 4.99 Å². The minimum atomic E-state index is -0.408. The highest BCUT2D eigenvalue weighted by molar-refractivity contribution is 6.07. The molecule has 0 bridgehead atoms. The molecule has 1 rings (SSSR count). The SMILES string of the molecule is C\C=C/C=C1\C(=N\C=C\C)OC(=O)N1C. The van der Waals surface area contributed by atoms with Crippen LogP contribution in [-0.2, 0) is 4.74 Å². The van der Waals surface area contributed by atoms with E-state index < -0.39 is 6.09 Å². The average molecular weight is 206 g/mol. The molecule has 15 heavy (non-hydrogen) atoms. The number of nitrogens with zero attached hydrogens (tertiary/aromatic N) is 2. The van der Waals surface area contributed by atoms with Gasteiger partial charge in [0.1, 0.15) is 5.70 Å². The fourth-order valence-corrected chi connectivity index (χ4v) is 1.05. The Hall–Kier alpha value is -1.84. The minimum absolute atomic E-state index is 0.332. The second-order valence-corrected chi connectivity index (χ2v) is 2.92. The smallest absolute Gasteiger partial charge is 0.389 e. The topological polar surface area (TPSA) is 41.9 Å². The second kappa shape index (κ2) is 5.14. The molecule has 0 unspecified atom stereocenters. The fraction of sp³-hybridized carbons (Fsp3) is 0.273. The van der Waals surface area contributed by atoms with Gasteiger partial charge in [0.15, 0.2) is 0 Å². The molecule has 0 N–H and O–H groups in total.